The summed E-state index contributed by atoms with van der Waals surface area (Å²) in [6.07, 6.45) is -4.26. The second-order valence-electron chi connectivity index (χ2n) is 6.54. The minimum absolute atomic E-state index is 0.134. The molecule has 2 amide bonds. The smallest absolute Gasteiger partial charge is 0.343 e. The van der Waals surface area contributed by atoms with Crippen molar-refractivity contribution in [2.24, 2.45) is 0 Å². The molecule has 0 atom stereocenters. The average molecular weight is 411 g/mol. The van der Waals surface area contributed by atoms with Crippen LogP contribution in [0, 0.1) is 5.82 Å². The van der Waals surface area contributed by atoms with Gasteiger partial charge in [0.05, 0.1) is 0 Å². The van der Waals surface area contributed by atoms with E-state index >= 15 is 0 Å². The number of amides is 2. The number of hydrogen-bond donors (Lipinski definition) is 2. The lowest BCUT2D eigenvalue weighted by Crippen LogP contribution is -2.33. The van der Waals surface area contributed by atoms with Crippen LogP contribution in [-0.2, 0) is 11.3 Å². The molecule has 0 aliphatic rings. The fourth-order valence-electron chi connectivity index (χ4n) is 2.52. The molecule has 29 heavy (non-hydrogen) atoms. The Morgan fingerprint density at radius 3 is 2.38 bits per heavy atom. The topological polar surface area (TPSA) is 61.4 Å². The van der Waals surface area contributed by atoms with Crippen molar-refractivity contribution in [1.82, 2.24) is 10.2 Å². The Labute approximate surface area is 165 Å². The Hall–Kier alpha value is -2.94. The second-order valence-corrected chi connectivity index (χ2v) is 6.54. The van der Waals surface area contributed by atoms with Gasteiger partial charge in [-0.15, -0.1) is 0 Å². The fraction of sp³-hybridized carbons (Fsp3) is 0.300. The van der Waals surface area contributed by atoms with E-state index in [4.69, 9.17) is 0 Å². The Morgan fingerprint density at radius 1 is 1.07 bits per heavy atom. The van der Waals surface area contributed by atoms with E-state index in [1.54, 1.807) is 25.2 Å². The van der Waals surface area contributed by atoms with Crippen LogP contribution in [0.3, 0.4) is 0 Å². The summed E-state index contributed by atoms with van der Waals surface area (Å²) in [6.45, 7) is -0.458. The lowest BCUT2D eigenvalue weighted by Gasteiger charge is -2.17. The van der Waals surface area contributed by atoms with E-state index in [1.807, 2.05) is 10.2 Å². The minimum Gasteiger partial charge on any atom is -0.343 e. The summed E-state index contributed by atoms with van der Waals surface area (Å²) >= 11 is 0. The zero-order valence-electron chi connectivity index (χ0n) is 15.7. The Balaban J connectivity index is 1.77. The molecule has 2 aromatic rings. The number of halogens is 4. The first-order valence-electron chi connectivity index (χ1n) is 8.80. The first kappa shape index (κ1) is 22.4. The molecule has 0 radical (unpaired) electrons. The van der Waals surface area contributed by atoms with Crippen LogP contribution in [0.4, 0.5) is 23.2 Å². The van der Waals surface area contributed by atoms with E-state index in [9.17, 15) is 27.2 Å². The van der Waals surface area contributed by atoms with Gasteiger partial charge in [-0.2, -0.15) is 13.2 Å². The van der Waals surface area contributed by atoms with Crippen molar-refractivity contribution in [3.63, 3.8) is 0 Å². The monoisotopic (exact) mass is 411 g/mol. The number of nitrogens with zero attached hydrogens (tertiary/aromatic N) is 1. The molecule has 0 bridgehead atoms. The van der Waals surface area contributed by atoms with Gasteiger partial charge in [-0.1, -0.05) is 18.2 Å². The molecule has 0 fully saturated rings. The largest absolute Gasteiger partial charge is 0.405 e. The number of carbonyl (C=O) groups excluding carboxylic acids is 2. The third-order valence-electron chi connectivity index (χ3n) is 3.95. The lowest BCUT2D eigenvalue weighted by molar-refractivity contribution is -0.123. The van der Waals surface area contributed by atoms with E-state index in [0.717, 1.165) is 5.56 Å². The minimum atomic E-state index is -4.46. The maximum atomic E-state index is 13.1. The Morgan fingerprint density at radius 2 is 1.76 bits per heavy atom. The van der Waals surface area contributed by atoms with Crippen LogP contribution in [0.2, 0.25) is 0 Å². The average Bonchev–Trinajstić information content (AvgIpc) is 2.64. The lowest BCUT2D eigenvalue weighted by atomic mass is 10.1. The zero-order chi connectivity index (χ0) is 21.4. The zero-order valence-corrected chi connectivity index (χ0v) is 15.7. The van der Waals surface area contributed by atoms with Gasteiger partial charge in [0.2, 0.25) is 5.91 Å². The molecule has 0 spiro atoms. The maximum absolute atomic E-state index is 13.1. The van der Waals surface area contributed by atoms with Gasteiger partial charge < -0.3 is 15.5 Å². The van der Waals surface area contributed by atoms with Gasteiger partial charge in [-0.3, -0.25) is 9.59 Å². The Bertz CT molecular complexity index is 838. The number of nitrogens with one attached hydrogen (secondary N) is 2. The number of hydrogen-bond acceptors (Lipinski definition) is 3. The summed E-state index contributed by atoms with van der Waals surface area (Å²) in [7, 11) is 1.80. The summed E-state index contributed by atoms with van der Waals surface area (Å²) in [5.41, 5.74) is 1.36. The maximum Gasteiger partial charge on any atom is 0.405 e. The second kappa shape index (κ2) is 10.0. The van der Waals surface area contributed by atoms with Gasteiger partial charge in [-0.05, 0) is 42.9 Å². The van der Waals surface area contributed by atoms with Crippen molar-refractivity contribution in [2.45, 2.75) is 19.1 Å². The number of rotatable bonds is 8. The van der Waals surface area contributed by atoms with Crippen molar-refractivity contribution in [2.75, 3.05) is 25.5 Å². The highest BCUT2D eigenvalue weighted by Gasteiger charge is 2.27. The van der Waals surface area contributed by atoms with E-state index < -0.39 is 24.4 Å². The predicted octanol–water partition coefficient (Wildman–Crippen LogP) is 3.58. The molecule has 2 rings (SSSR count). The summed E-state index contributed by atoms with van der Waals surface area (Å²) < 4.78 is 49.5. The third-order valence-corrected chi connectivity index (χ3v) is 3.95. The number of carbonyl (C=O) groups is 2. The summed E-state index contributed by atoms with van der Waals surface area (Å²) in [4.78, 5) is 25.5. The molecule has 0 aliphatic carbocycles. The Kier molecular flexibility index (Phi) is 7.72. The normalized spacial score (nSPS) is 11.4. The number of alkyl halides is 3. The molecule has 5 nitrogen and oxygen atoms in total. The van der Waals surface area contributed by atoms with Crippen LogP contribution in [0.25, 0.3) is 0 Å². The highest BCUT2D eigenvalue weighted by molar-refractivity contribution is 5.94. The van der Waals surface area contributed by atoms with Crippen LogP contribution < -0.4 is 10.6 Å². The quantitative estimate of drug-likeness (QED) is 0.653. The molecule has 0 saturated heterocycles. The molecule has 2 N–H and O–H groups in total. The number of benzene rings is 2. The van der Waals surface area contributed by atoms with Gasteiger partial charge in [0.1, 0.15) is 12.4 Å². The van der Waals surface area contributed by atoms with Crippen molar-refractivity contribution in [1.29, 1.82) is 0 Å². The standard InChI is InChI=1S/C20H21F4N3O2/c1-27(10-9-18(28)26-17-4-2-3-16(21)11-17)12-14-5-7-15(8-6-14)19(29)25-13-20(22,23)24/h2-8,11H,9-10,12-13H2,1H3,(H,25,29)(H,26,28). The molecule has 0 aromatic heterocycles. The van der Waals surface area contributed by atoms with Crippen LogP contribution >= 0.6 is 0 Å². The van der Waals surface area contributed by atoms with Crippen LogP contribution in [0.1, 0.15) is 22.3 Å². The molecule has 9 heteroatoms. The molecule has 156 valence electrons. The molecule has 0 heterocycles. The van der Waals surface area contributed by atoms with Gasteiger partial charge in [0.15, 0.2) is 0 Å². The van der Waals surface area contributed by atoms with Crippen molar-refractivity contribution >= 4 is 17.5 Å². The van der Waals surface area contributed by atoms with E-state index in [0.29, 0.717) is 18.8 Å². The van der Waals surface area contributed by atoms with Crippen LogP contribution in [0.15, 0.2) is 48.5 Å². The van der Waals surface area contributed by atoms with Crippen LogP contribution in [0.5, 0.6) is 0 Å². The van der Waals surface area contributed by atoms with Gasteiger partial charge in [-0.25, -0.2) is 4.39 Å². The van der Waals surface area contributed by atoms with Crippen LogP contribution in [-0.4, -0.2) is 43.0 Å². The van der Waals surface area contributed by atoms with Gasteiger partial charge in [0.25, 0.3) is 5.91 Å². The van der Waals surface area contributed by atoms with Gasteiger partial charge >= 0.3 is 6.18 Å². The first-order chi connectivity index (χ1) is 13.6. The van der Waals surface area contributed by atoms with Gasteiger partial charge in [0, 0.05) is 30.8 Å². The first-order valence-corrected chi connectivity index (χ1v) is 8.80. The summed E-state index contributed by atoms with van der Waals surface area (Å²) in [5, 5.41) is 4.43. The molecule has 0 aliphatic heterocycles. The highest BCUT2D eigenvalue weighted by atomic mass is 19.4. The molecular weight excluding hydrogens is 390 g/mol. The molecule has 0 unspecified atom stereocenters. The summed E-state index contributed by atoms with van der Waals surface area (Å²) in [5.74, 6) is -1.48. The SMILES string of the molecule is CN(CCC(=O)Nc1cccc(F)c1)Cc1ccc(C(=O)NCC(F)(F)F)cc1. The third kappa shape index (κ3) is 8.30. The molecule has 0 saturated carbocycles. The predicted molar refractivity (Wildman–Crippen MR) is 101 cm³/mol. The van der Waals surface area contributed by atoms with Crippen molar-refractivity contribution < 1.29 is 27.2 Å². The van der Waals surface area contributed by atoms with E-state index in [1.165, 1.54) is 30.3 Å². The molecular formula is C20H21F4N3O2. The number of anilines is 1. The fourth-order valence-corrected chi connectivity index (χ4v) is 2.52. The molecule has 2 aromatic carbocycles. The van der Waals surface area contributed by atoms with E-state index in [2.05, 4.69) is 5.32 Å². The van der Waals surface area contributed by atoms with Crippen molar-refractivity contribution in [3.8, 4) is 0 Å². The summed E-state index contributed by atoms with van der Waals surface area (Å²) in [6, 6.07) is 11.8. The highest BCUT2D eigenvalue weighted by Crippen LogP contribution is 2.13. The van der Waals surface area contributed by atoms with E-state index in [-0.39, 0.29) is 17.9 Å². The van der Waals surface area contributed by atoms with Crippen molar-refractivity contribution in [3.05, 3.63) is 65.5 Å².